The Kier molecular flexibility index (Phi) is 5.27. The first-order chi connectivity index (χ1) is 9.91. The van der Waals surface area contributed by atoms with Crippen LogP contribution >= 0.6 is 0 Å². The van der Waals surface area contributed by atoms with E-state index in [0.717, 1.165) is 43.4 Å². The van der Waals surface area contributed by atoms with Gasteiger partial charge in [-0.1, -0.05) is 26.3 Å². The Morgan fingerprint density at radius 3 is 2.90 bits per heavy atom. The van der Waals surface area contributed by atoms with Crippen LogP contribution in [0.2, 0.25) is 0 Å². The molecule has 1 aliphatic rings. The second-order valence-corrected chi connectivity index (χ2v) is 7.99. The van der Waals surface area contributed by atoms with Crippen LogP contribution in [0, 0.1) is 5.92 Å². The molecule has 1 aromatic rings. The van der Waals surface area contributed by atoms with E-state index < -0.39 is 10.0 Å². The van der Waals surface area contributed by atoms with Gasteiger partial charge in [0, 0.05) is 11.7 Å². The zero-order valence-corrected chi connectivity index (χ0v) is 13.7. The number of benzene rings is 1. The third kappa shape index (κ3) is 4.45. The smallest absolute Gasteiger partial charge is 0.212 e. The standard InChI is InChI=1S/C16H26N2O2S/c1-3-5-12(2)11-21(19,20)18-16-7-4-6-13-10-14(17)8-9-15(13)16/h8-10,12,16,18H,3-7,11,17H2,1-2H3. The molecular formula is C16H26N2O2S. The predicted molar refractivity (Wildman–Crippen MR) is 87.5 cm³/mol. The van der Waals surface area contributed by atoms with Crippen molar-refractivity contribution in [1.82, 2.24) is 4.72 Å². The summed E-state index contributed by atoms with van der Waals surface area (Å²) in [5.74, 6) is 0.406. The van der Waals surface area contributed by atoms with E-state index in [1.54, 1.807) is 0 Å². The second-order valence-electron chi connectivity index (χ2n) is 6.20. The van der Waals surface area contributed by atoms with Crippen LogP contribution in [0.15, 0.2) is 18.2 Å². The maximum absolute atomic E-state index is 12.3. The normalized spacial score (nSPS) is 20.0. The molecule has 0 saturated carbocycles. The van der Waals surface area contributed by atoms with Gasteiger partial charge in [-0.05, 0) is 54.9 Å². The van der Waals surface area contributed by atoms with E-state index in [0.29, 0.717) is 0 Å². The number of hydrogen-bond acceptors (Lipinski definition) is 3. The number of sulfonamides is 1. The molecule has 0 spiro atoms. The van der Waals surface area contributed by atoms with Crippen LogP contribution in [-0.4, -0.2) is 14.2 Å². The lowest BCUT2D eigenvalue weighted by Gasteiger charge is -2.27. The van der Waals surface area contributed by atoms with Crippen molar-refractivity contribution < 1.29 is 8.42 Å². The minimum absolute atomic E-state index is 0.104. The van der Waals surface area contributed by atoms with Gasteiger partial charge >= 0.3 is 0 Å². The van der Waals surface area contributed by atoms with E-state index in [1.807, 2.05) is 25.1 Å². The molecule has 118 valence electrons. The number of aryl methyl sites for hydroxylation is 1. The third-order valence-corrected chi connectivity index (χ3v) is 5.74. The van der Waals surface area contributed by atoms with Crippen molar-refractivity contribution >= 4 is 15.7 Å². The highest BCUT2D eigenvalue weighted by atomic mass is 32.2. The van der Waals surface area contributed by atoms with Crippen LogP contribution in [0.4, 0.5) is 5.69 Å². The number of nitrogens with two attached hydrogens (primary N) is 1. The summed E-state index contributed by atoms with van der Waals surface area (Å²) in [7, 11) is -3.24. The summed E-state index contributed by atoms with van der Waals surface area (Å²) in [6, 6.07) is 5.68. The van der Waals surface area contributed by atoms with Crippen molar-refractivity contribution in [1.29, 1.82) is 0 Å². The molecule has 5 heteroatoms. The summed E-state index contributed by atoms with van der Waals surface area (Å²) in [6.07, 6.45) is 4.79. The number of rotatable bonds is 6. The van der Waals surface area contributed by atoms with E-state index in [-0.39, 0.29) is 17.7 Å². The summed E-state index contributed by atoms with van der Waals surface area (Å²) in [5, 5.41) is 0. The molecule has 1 aliphatic carbocycles. The molecule has 0 aromatic heterocycles. The van der Waals surface area contributed by atoms with Gasteiger partial charge in [-0.25, -0.2) is 13.1 Å². The number of hydrogen-bond donors (Lipinski definition) is 2. The first-order valence-corrected chi connectivity index (χ1v) is 9.45. The van der Waals surface area contributed by atoms with Gasteiger partial charge in [-0.2, -0.15) is 0 Å². The Morgan fingerprint density at radius 1 is 1.43 bits per heavy atom. The van der Waals surface area contributed by atoms with Crippen molar-refractivity contribution in [3.05, 3.63) is 29.3 Å². The lowest BCUT2D eigenvalue weighted by atomic mass is 9.88. The molecule has 21 heavy (non-hydrogen) atoms. The van der Waals surface area contributed by atoms with Crippen LogP contribution in [-0.2, 0) is 16.4 Å². The molecule has 0 amide bonds. The molecule has 2 unspecified atom stereocenters. The first-order valence-electron chi connectivity index (χ1n) is 7.79. The third-order valence-electron chi connectivity index (χ3n) is 4.09. The Labute approximate surface area is 128 Å². The average molecular weight is 310 g/mol. The molecule has 1 aromatic carbocycles. The van der Waals surface area contributed by atoms with Crippen molar-refractivity contribution in [2.75, 3.05) is 11.5 Å². The molecule has 0 saturated heterocycles. The van der Waals surface area contributed by atoms with E-state index in [9.17, 15) is 8.42 Å². The quantitative estimate of drug-likeness (QED) is 0.793. The maximum atomic E-state index is 12.3. The van der Waals surface area contributed by atoms with Crippen molar-refractivity contribution in [2.45, 2.75) is 52.0 Å². The zero-order valence-electron chi connectivity index (χ0n) is 12.9. The van der Waals surface area contributed by atoms with Gasteiger partial charge in [0.1, 0.15) is 0 Å². The van der Waals surface area contributed by atoms with Crippen LogP contribution in [0.3, 0.4) is 0 Å². The zero-order chi connectivity index (χ0) is 15.5. The van der Waals surface area contributed by atoms with Crippen molar-refractivity contribution in [2.24, 2.45) is 5.92 Å². The van der Waals surface area contributed by atoms with Crippen LogP contribution in [0.1, 0.15) is 56.7 Å². The van der Waals surface area contributed by atoms with Gasteiger partial charge in [0.05, 0.1) is 5.75 Å². The Balaban J connectivity index is 2.10. The topological polar surface area (TPSA) is 72.2 Å². The van der Waals surface area contributed by atoms with E-state index in [1.165, 1.54) is 5.56 Å². The Morgan fingerprint density at radius 2 is 2.19 bits per heavy atom. The molecule has 2 rings (SSSR count). The SMILES string of the molecule is CCCC(C)CS(=O)(=O)NC1CCCc2cc(N)ccc21. The number of nitrogen functional groups attached to an aromatic ring is 1. The highest BCUT2D eigenvalue weighted by molar-refractivity contribution is 7.89. The van der Waals surface area contributed by atoms with Crippen molar-refractivity contribution in [3.63, 3.8) is 0 Å². The van der Waals surface area contributed by atoms with Crippen LogP contribution in [0.5, 0.6) is 0 Å². The summed E-state index contributed by atoms with van der Waals surface area (Å²) in [5.41, 5.74) is 8.82. The Hall–Kier alpha value is -1.07. The highest BCUT2D eigenvalue weighted by Crippen LogP contribution is 2.31. The van der Waals surface area contributed by atoms with Crippen LogP contribution < -0.4 is 10.5 Å². The van der Waals surface area contributed by atoms with Gasteiger partial charge in [-0.15, -0.1) is 0 Å². The fourth-order valence-electron chi connectivity index (χ4n) is 3.17. The van der Waals surface area contributed by atoms with Gasteiger partial charge in [-0.3, -0.25) is 0 Å². The lowest BCUT2D eigenvalue weighted by molar-refractivity contribution is 0.494. The average Bonchev–Trinajstić information content (AvgIpc) is 2.37. The monoisotopic (exact) mass is 310 g/mol. The van der Waals surface area contributed by atoms with Crippen molar-refractivity contribution in [3.8, 4) is 0 Å². The Bertz CT molecular complexity index is 584. The fraction of sp³-hybridized carbons (Fsp3) is 0.625. The molecule has 2 atom stereocenters. The molecule has 3 N–H and O–H groups in total. The van der Waals surface area contributed by atoms with Crippen LogP contribution in [0.25, 0.3) is 0 Å². The molecule has 0 heterocycles. The second kappa shape index (κ2) is 6.79. The molecule has 0 bridgehead atoms. The fourth-order valence-corrected chi connectivity index (χ4v) is 4.86. The summed E-state index contributed by atoms with van der Waals surface area (Å²) in [4.78, 5) is 0. The van der Waals surface area contributed by atoms with E-state index in [2.05, 4.69) is 11.6 Å². The molecule has 4 nitrogen and oxygen atoms in total. The number of fused-ring (bicyclic) bond motifs is 1. The van der Waals surface area contributed by atoms with Gasteiger partial charge in [0.25, 0.3) is 0 Å². The van der Waals surface area contributed by atoms with E-state index >= 15 is 0 Å². The molecule has 0 radical (unpaired) electrons. The molecular weight excluding hydrogens is 284 g/mol. The highest BCUT2D eigenvalue weighted by Gasteiger charge is 2.25. The largest absolute Gasteiger partial charge is 0.399 e. The summed E-state index contributed by atoms with van der Waals surface area (Å²) in [6.45, 7) is 4.08. The van der Waals surface area contributed by atoms with Gasteiger partial charge in [0.15, 0.2) is 0 Å². The van der Waals surface area contributed by atoms with Gasteiger partial charge < -0.3 is 5.73 Å². The molecule has 0 fully saturated rings. The van der Waals surface area contributed by atoms with Gasteiger partial charge in [0.2, 0.25) is 10.0 Å². The number of nitrogens with one attached hydrogen (secondary N) is 1. The maximum Gasteiger partial charge on any atom is 0.212 e. The van der Waals surface area contributed by atoms with E-state index in [4.69, 9.17) is 5.73 Å². The minimum Gasteiger partial charge on any atom is -0.399 e. The predicted octanol–water partition coefficient (Wildman–Crippen LogP) is 3.00. The summed E-state index contributed by atoms with van der Waals surface area (Å²) >= 11 is 0. The first kappa shape index (κ1) is 16.3. The molecule has 0 aliphatic heterocycles. The number of anilines is 1. The minimum atomic E-state index is -3.24. The summed E-state index contributed by atoms with van der Waals surface area (Å²) < 4.78 is 27.5. The lowest BCUT2D eigenvalue weighted by Crippen LogP contribution is -2.34.